The SMILES string of the molecule is CCN(N=O)c1ccc2ccccc2c1-c1c2c(cc3ccccc13)-c1ccccc1[Cl+]2. The van der Waals surface area contributed by atoms with Crippen molar-refractivity contribution >= 4 is 27.2 Å². The maximum Gasteiger partial charge on any atom is 0.252 e. The van der Waals surface area contributed by atoms with E-state index >= 15 is 0 Å². The minimum absolute atomic E-state index is 0.505. The molecule has 0 unspecified atom stereocenters. The van der Waals surface area contributed by atoms with Crippen LogP contribution in [0.5, 0.6) is 0 Å². The van der Waals surface area contributed by atoms with Gasteiger partial charge in [0.1, 0.15) is 0 Å². The van der Waals surface area contributed by atoms with Crippen LogP contribution in [0, 0.1) is 15.7 Å². The maximum absolute atomic E-state index is 11.8. The lowest BCUT2D eigenvalue weighted by Gasteiger charge is -2.20. The molecule has 0 aromatic heterocycles. The standard InChI is InChI=1S/C28H20ClN2O/c1-2-31(30-32)25-16-15-18-9-3-5-11-20(18)26(25)27-21-12-6-4-10-19(21)17-23-22-13-7-8-14-24(22)29-28(23)27/h3-17H,2H2,1H3/q+1. The largest absolute Gasteiger partial charge is 0.252 e. The number of rotatable bonds is 4. The van der Waals surface area contributed by atoms with Crippen molar-refractivity contribution in [1.29, 1.82) is 0 Å². The normalized spacial score (nSPS) is 12.0. The molecule has 0 saturated carbocycles. The van der Waals surface area contributed by atoms with E-state index in [1.165, 1.54) is 31.9 Å². The number of fused-ring (bicyclic) bond motifs is 5. The second-order valence-corrected chi connectivity index (χ2v) is 8.86. The van der Waals surface area contributed by atoms with Crippen LogP contribution in [0.1, 0.15) is 6.92 Å². The zero-order chi connectivity index (χ0) is 21.7. The van der Waals surface area contributed by atoms with Crippen molar-refractivity contribution in [2.75, 3.05) is 11.6 Å². The summed E-state index contributed by atoms with van der Waals surface area (Å²) in [7, 11) is 2.44. The Labute approximate surface area is 190 Å². The Hall–Kier alpha value is -3.69. The quantitative estimate of drug-likeness (QED) is 0.209. The van der Waals surface area contributed by atoms with E-state index in [1.54, 1.807) is 5.01 Å². The first-order valence-corrected chi connectivity index (χ1v) is 11.5. The lowest BCUT2D eigenvalue weighted by Crippen LogP contribution is -2.15. The van der Waals surface area contributed by atoms with E-state index in [1.807, 2.05) is 13.0 Å². The summed E-state index contributed by atoms with van der Waals surface area (Å²) in [6.07, 6.45) is 0. The van der Waals surface area contributed by atoms with E-state index in [4.69, 9.17) is 0 Å². The average molecular weight is 436 g/mol. The first-order valence-electron chi connectivity index (χ1n) is 10.7. The molecule has 0 atom stereocenters. The molecule has 4 heteroatoms. The zero-order valence-electron chi connectivity index (χ0n) is 17.5. The van der Waals surface area contributed by atoms with Gasteiger partial charge in [0, 0.05) is 18.2 Å². The highest BCUT2D eigenvalue weighted by atomic mass is 35.5. The van der Waals surface area contributed by atoms with Gasteiger partial charge in [0.05, 0.1) is 27.7 Å². The fourth-order valence-corrected chi connectivity index (χ4v) is 5.89. The summed E-state index contributed by atoms with van der Waals surface area (Å²) in [5.41, 5.74) is 5.50. The molecule has 0 spiro atoms. The van der Waals surface area contributed by atoms with Gasteiger partial charge in [-0.3, -0.25) is 0 Å². The maximum atomic E-state index is 11.8. The molecule has 5 aromatic rings. The van der Waals surface area contributed by atoms with Crippen LogP contribution in [0.3, 0.4) is 0 Å². The molecule has 1 aliphatic rings. The number of anilines is 1. The number of halogens is 1. The molecule has 0 aliphatic carbocycles. The summed E-state index contributed by atoms with van der Waals surface area (Å²) in [5.74, 6) is 0. The monoisotopic (exact) mass is 435 g/mol. The van der Waals surface area contributed by atoms with Crippen LogP contribution in [0.15, 0.2) is 96.3 Å². The van der Waals surface area contributed by atoms with E-state index in [2.05, 4.69) is 101 Å². The van der Waals surface area contributed by atoms with Crippen molar-refractivity contribution in [3.8, 4) is 22.3 Å². The second-order valence-electron chi connectivity index (χ2n) is 7.89. The van der Waals surface area contributed by atoms with Crippen molar-refractivity contribution < 1.29 is 10.8 Å². The molecule has 0 saturated heterocycles. The van der Waals surface area contributed by atoms with Gasteiger partial charge in [-0.1, -0.05) is 66.7 Å². The van der Waals surface area contributed by atoms with Crippen molar-refractivity contribution in [3.05, 3.63) is 106 Å². The molecule has 0 fully saturated rings. The minimum atomic E-state index is 0.505. The van der Waals surface area contributed by atoms with Gasteiger partial charge in [0.2, 0.25) is 15.8 Å². The summed E-state index contributed by atoms with van der Waals surface area (Å²) in [4.78, 5) is 11.8. The van der Waals surface area contributed by atoms with Crippen molar-refractivity contribution in [1.82, 2.24) is 0 Å². The predicted molar refractivity (Wildman–Crippen MR) is 129 cm³/mol. The molecule has 154 valence electrons. The molecule has 0 radical (unpaired) electrons. The molecule has 3 nitrogen and oxygen atoms in total. The van der Waals surface area contributed by atoms with Gasteiger partial charge in [-0.15, -0.1) is 4.91 Å². The molecule has 5 aromatic carbocycles. The van der Waals surface area contributed by atoms with E-state index in [-0.39, 0.29) is 0 Å². The van der Waals surface area contributed by atoms with Crippen LogP contribution in [-0.4, -0.2) is 6.54 Å². The molecule has 0 N–H and O–H groups in total. The summed E-state index contributed by atoms with van der Waals surface area (Å²) in [6, 6.07) is 31.8. The minimum Gasteiger partial charge on any atom is -0.229 e. The predicted octanol–water partition coefficient (Wildman–Crippen LogP) is 7.76. The first kappa shape index (κ1) is 19.0. The van der Waals surface area contributed by atoms with Gasteiger partial charge >= 0.3 is 0 Å². The van der Waals surface area contributed by atoms with Crippen LogP contribution < -0.4 is 5.01 Å². The Morgan fingerprint density at radius 1 is 0.750 bits per heavy atom. The Balaban J connectivity index is 1.80. The third-order valence-electron chi connectivity index (χ3n) is 6.18. The number of hydrogen-bond donors (Lipinski definition) is 0. The Kier molecular flexibility index (Phi) is 4.44. The zero-order valence-corrected chi connectivity index (χ0v) is 18.3. The van der Waals surface area contributed by atoms with Crippen LogP contribution in [0.4, 0.5) is 5.69 Å². The third kappa shape index (κ3) is 2.75. The molecule has 0 bridgehead atoms. The van der Waals surface area contributed by atoms with Crippen LogP contribution >= 0.6 is 0 Å². The highest BCUT2D eigenvalue weighted by Gasteiger charge is 2.38. The van der Waals surface area contributed by atoms with Crippen molar-refractivity contribution in [3.63, 3.8) is 0 Å². The van der Waals surface area contributed by atoms with Crippen molar-refractivity contribution in [2.24, 2.45) is 5.29 Å². The molecule has 0 amide bonds. The van der Waals surface area contributed by atoms with Gasteiger partial charge in [-0.05, 0) is 46.7 Å². The summed E-state index contributed by atoms with van der Waals surface area (Å²) >= 11 is 0. The number of nitrogens with zero attached hydrogens (tertiary/aromatic N) is 2. The van der Waals surface area contributed by atoms with Crippen molar-refractivity contribution in [2.45, 2.75) is 6.92 Å². The van der Waals surface area contributed by atoms with E-state index < -0.39 is 0 Å². The lowest BCUT2D eigenvalue weighted by atomic mass is 9.89. The second kappa shape index (κ2) is 7.47. The molecular weight excluding hydrogens is 416 g/mol. The van der Waals surface area contributed by atoms with Crippen LogP contribution in [0.25, 0.3) is 43.8 Å². The van der Waals surface area contributed by atoms with E-state index in [9.17, 15) is 4.91 Å². The van der Waals surface area contributed by atoms with E-state index in [0.717, 1.165) is 27.6 Å². The number of hydrogen-bond acceptors (Lipinski definition) is 2. The van der Waals surface area contributed by atoms with Gasteiger partial charge in [-0.25, -0.2) is 5.01 Å². The van der Waals surface area contributed by atoms with Gasteiger partial charge in [0.25, 0.3) is 5.02 Å². The fraction of sp³-hybridized carbons (Fsp3) is 0.0714. The fourth-order valence-electron chi connectivity index (χ4n) is 4.73. The van der Waals surface area contributed by atoms with E-state index in [0.29, 0.717) is 6.54 Å². The summed E-state index contributed by atoms with van der Waals surface area (Å²) in [5, 5.41) is 11.9. The first-order chi connectivity index (χ1) is 15.8. The molecule has 1 aliphatic heterocycles. The van der Waals surface area contributed by atoms with Gasteiger partial charge < -0.3 is 0 Å². The highest BCUT2D eigenvalue weighted by molar-refractivity contribution is 6.12. The number of nitroso groups, excluding NO2 is 1. The van der Waals surface area contributed by atoms with Crippen LogP contribution in [0.2, 0.25) is 10.0 Å². The Morgan fingerprint density at radius 3 is 2.22 bits per heavy atom. The lowest BCUT2D eigenvalue weighted by molar-refractivity contribution is -0.527. The van der Waals surface area contributed by atoms with Gasteiger partial charge in [0.15, 0.2) is 0 Å². The Morgan fingerprint density at radius 2 is 1.44 bits per heavy atom. The number of benzene rings is 5. The summed E-state index contributed by atoms with van der Waals surface area (Å²) < 4.78 is 0. The third-order valence-corrected chi connectivity index (χ3v) is 7.29. The summed E-state index contributed by atoms with van der Waals surface area (Å²) in [6.45, 7) is 2.46. The smallest absolute Gasteiger partial charge is 0.229 e. The highest BCUT2D eigenvalue weighted by Crippen LogP contribution is 2.51. The average Bonchev–Trinajstić information content (AvgIpc) is 3.21. The molecule has 32 heavy (non-hydrogen) atoms. The molecule has 6 rings (SSSR count). The molecule has 1 heterocycles. The molecular formula is C28H20ClN2O+. The van der Waals surface area contributed by atoms with Crippen LogP contribution in [-0.2, 0) is 0 Å². The van der Waals surface area contributed by atoms with Gasteiger partial charge in [-0.2, -0.15) is 0 Å². The Bertz CT molecular complexity index is 1530. The topological polar surface area (TPSA) is 32.7 Å².